The Bertz CT molecular complexity index is 993. The van der Waals surface area contributed by atoms with Gasteiger partial charge in [-0.25, -0.2) is 9.78 Å². The molecule has 2 aromatic carbocycles. The maximum atomic E-state index is 11.4. The monoisotopic (exact) mass is 392 g/mol. The molecule has 150 valence electrons. The number of benzene rings is 2. The number of rotatable bonds is 8. The molecule has 0 saturated heterocycles. The minimum absolute atomic E-state index is 0.337. The summed E-state index contributed by atoms with van der Waals surface area (Å²) in [6.45, 7) is 4.44. The van der Waals surface area contributed by atoms with Crippen molar-refractivity contribution in [2.45, 2.75) is 20.3 Å². The van der Waals surface area contributed by atoms with Gasteiger partial charge in [-0.2, -0.15) is 0 Å². The van der Waals surface area contributed by atoms with E-state index in [0.717, 1.165) is 22.6 Å². The summed E-state index contributed by atoms with van der Waals surface area (Å²) in [5.74, 6) is 1.65. The number of carbonyl (C=O) groups is 1. The summed E-state index contributed by atoms with van der Waals surface area (Å²) in [4.78, 5) is 16.0. The van der Waals surface area contributed by atoms with Crippen LogP contribution in [0.5, 0.6) is 5.75 Å². The minimum atomic E-state index is -0.398. The van der Waals surface area contributed by atoms with Crippen LogP contribution in [0.15, 0.2) is 59.0 Å². The molecule has 0 unspecified atom stereocenters. The summed E-state index contributed by atoms with van der Waals surface area (Å²) in [6, 6.07) is 15.1. The molecular weight excluding hydrogens is 368 g/mol. The van der Waals surface area contributed by atoms with Crippen molar-refractivity contribution in [2.75, 3.05) is 18.9 Å². The van der Waals surface area contributed by atoms with E-state index in [1.54, 1.807) is 25.1 Å². The van der Waals surface area contributed by atoms with E-state index in [4.69, 9.17) is 19.6 Å². The van der Waals surface area contributed by atoms with E-state index in [-0.39, 0.29) is 0 Å². The molecule has 3 aromatic rings. The molecule has 29 heavy (non-hydrogen) atoms. The van der Waals surface area contributed by atoms with Gasteiger partial charge >= 0.3 is 5.97 Å². The molecule has 0 atom stereocenters. The van der Waals surface area contributed by atoms with Gasteiger partial charge < -0.3 is 19.6 Å². The van der Waals surface area contributed by atoms with Crippen molar-refractivity contribution < 1.29 is 18.7 Å². The maximum Gasteiger partial charge on any atom is 0.330 e. The molecule has 0 bridgehead atoms. The Balaban J connectivity index is 1.58. The van der Waals surface area contributed by atoms with Crippen LogP contribution < -0.4 is 10.5 Å². The summed E-state index contributed by atoms with van der Waals surface area (Å²) in [6.07, 6.45) is 3.60. The lowest BCUT2D eigenvalue weighted by molar-refractivity contribution is -0.137. The van der Waals surface area contributed by atoms with Gasteiger partial charge in [-0.05, 0) is 49.8 Å². The molecule has 1 aromatic heterocycles. The second kappa shape index (κ2) is 9.59. The van der Waals surface area contributed by atoms with Gasteiger partial charge in [-0.1, -0.05) is 18.2 Å². The third-order valence-electron chi connectivity index (χ3n) is 4.26. The highest BCUT2D eigenvalue weighted by molar-refractivity contribution is 5.88. The standard InChI is InChI=1S/C23H24N2O4/c1-3-27-22(26)12-10-17-9-11-19(15-20(17)24)28-14-13-21-16(2)29-23(25-21)18-7-5-4-6-8-18/h4-12,15H,3,13-14,24H2,1-2H3. The fourth-order valence-electron chi connectivity index (χ4n) is 2.77. The zero-order chi connectivity index (χ0) is 20.6. The number of carbonyl (C=O) groups excluding carboxylic acids is 1. The number of nitrogens with zero attached hydrogens (tertiary/aromatic N) is 1. The molecule has 1 heterocycles. The first-order valence-corrected chi connectivity index (χ1v) is 9.45. The smallest absolute Gasteiger partial charge is 0.330 e. The summed E-state index contributed by atoms with van der Waals surface area (Å²) >= 11 is 0. The first-order valence-electron chi connectivity index (χ1n) is 9.45. The molecule has 0 aliphatic carbocycles. The Morgan fingerprint density at radius 1 is 1.21 bits per heavy atom. The van der Waals surface area contributed by atoms with Gasteiger partial charge in [-0.15, -0.1) is 0 Å². The lowest BCUT2D eigenvalue weighted by Crippen LogP contribution is -2.03. The van der Waals surface area contributed by atoms with Crippen LogP contribution in [0.2, 0.25) is 0 Å². The molecule has 6 heteroatoms. The molecule has 0 aliphatic rings. The highest BCUT2D eigenvalue weighted by Gasteiger charge is 2.11. The van der Waals surface area contributed by atoms with Crippen molar-refractivity contribution in [3.8, 4) is 17.2 Å². The van der Waals surface area contributed by atoms with E-state index in [0.29, 0.717) is 37.0 Å². The van der Waals surface area contributed by atoms with Crippen LogP contribution in [0.3, 0.4) is 0 Å². The summed E-state index contributed by atoms with van der Waals surface area (Å²) in [5, 5.41) is 0. The average molecular weight is 392 g/mol. The number of hydrogen-bond donors (Lipinski definition) is 1. The molecule has 0 aliphatic heterocycles. The van der Waals surface area contributed by atoms with Gasteiger partial charge in [-0.3, -0.25) is 0 Å². The number of nitrogens with two attached hydrogens (primary N) is 1. The van der Waals surface area contributed by atoms with Gasteiger partial charge in [0.15, 0.2) is 0 Å². The van der Waals surface area contributed by atoms with Crippen molar-refractivity contribution in [3.63, 3.8) is 0 Å². The van der Waals surface area contributed by atoms with Crippen molar-refractivity contribution >= 4 is 17.7 Å². The molecule has 2 N–H and O–H groups in total. The van der Waals surface area contributed by atoms with Crippen LogP contribution in [-0.4, -0.2) is 24.2 Å². The number of nitrogen functional groups attached to an aromatic ring is 1. The average Bonchev–Trinajstić information content (AvgIpc) is 3.09. The zero-order valence-corrected chi connectivity index (χ0v) is 16.6. The topological polar surface area (TPSA) is 87.6 Å². The number of ether oxygens (including phenoxy) is 2. The Hall–Kier alpha value is -3.54. The fraction of sp³-hybridized carbons (Fsp3) is 0.217. The van der Waals surface area contributed by atoms with E-state index >= 15 is 0 Å². The van der Waals surface area contributed by atoms with Gasteiger partial charge in [0.2, 0.25) is 5.89 Å². The van der Waals surface area contributed by atoms with Gasteiger partial charge in [0.25, 0.3) is 0 Å². The van der Waals surface area contributed by atoms with Crippen molar-refractivity contribution in [2.24, 2.45) is 0 Å². The van der Waals surface area contributed by atoms with Crippen molar-refractivity contribution in [3.05, 3.63) is 71.6 Å². The predicted molar refractivity (Wildman–Crippen MR) is 112 cm³/mol. The Morgan fingerprint density at radius 3 is 2.72 bits per heavy atom. The highest BCUT2D eigenvalue weighted by atomic mass is 16.5. The SMILES string of the molecule is CCOC(=O)C=Cc1ccc(OCCc2nc(-c3ccccc3)oc2C)cc1N. The quantitative estimate of drug-likeness (QED) is 0.347. The third kappa shape index (κ3) is 5.48. The summed E-state index contributed by atoms with van der Waals surface area (Å²) in [7, 11) is 0. The Kier molecular flexibility index (Phi) is 6.68. The Morgan fingerprint density at radius 2 is 2.00 bits per heavy atom. The number of aryl methyl sites for hydroxylation is 1. The molecule has 3 rings (SSSR count). The molecular formula is C23H24N2O4. The molecule has 0 amide bonds. The number of aromatic nitrogens is 1. The summed E-state index contributed by atoms with van der Waals surface area (Å²) < 4.78 is 16.4. The molecule has 0 fully saturated rings. The van der Waals surface area contributed by atoms with E-state index in [9.17, 15) is 4.79 Å². The normalized spacial score (nSPS) is 11.0. The van der Waals surface area contributed by atoms with Crippen LogP contribution in [0.4, 0.5) is 5.69 Å². The van der Waals surface area contributed by atoms with Crippen LogP contribution in [0, 0.1) is 6.92 Å². The fourth-order valence-corrected chi connectivity index (χ4v) is 2.77. The molecule has 0 saturated carbocycles. The van der Waals surface area contributed by atoms with E-state index < -0.39 is 5.97 Å². The highest BCUT2D eigenvalue weighted by Crippen LogP contribution is 2.23. The van der Waals surface area contributed by atoms with E-state index in [1.807, 2.05) is 43.3 Å². The van der Waals surface area contributed by atoms with Crippen LogP contribution in [-0.2, 0) is 16.0 Å². The number of anilines is 1. The molecule has 0 radical (unpaired) electrons. The first-order chi connectivity index (χ1) is 14.1. The third-order valence-corrected chi connectivity index (χ3v) is 4.26. The number of esters is 1. The maximum absolute atomic E-state index is 11.4. The van der Waals surface area contributed by atoms with Crippen LogP contribution in [0.25, 0.3) is 17.5 Å². The summed E-state index contributed by atoms with van der Waals surface area (Å²) in [5.41, 5.74) is 9.11. The van der Waals surface area contributed by atoms with Gasteiger partial charge in [0.1, 0.15) is 11.5 Å². The van der Waals surface area contributed by atoms with Crippen LogP contribution >= 0.6 is 0 Å². The minimum Gasteiger partial charge on any atom is -0.493 e. The number of oxazole rings is 1. The number of hydrogen-bond acceptors (Lipinski definition) is 6. The van der Waals surface area contributed by atoms with Crippen LogP contribution in [0.1, 0.15) is 23.9 Å². The van der Waals surface area contributed by atoms with Crippen molar-refractivity contribution in [1.82, 2.24) is 4.98 Å². The van der Waals surface area contributed by atoms with Crippen molar-refractivity contribution in [1.29, 1.82) is 0 Å². The Labute approximate surface area is 170 Å². The lowest BCUT2D eigenvalue weighted by Gasteiger charge is -2.08. The zero-order valence-electron chi connectivity index (χ0n) is 16.6. The van der Waals surface area contributed by atoms with E-state index in [2.05, 4.69) is 4.98 Å². The van der Waals surface area contributed by atoms with Gasteiger partial charge in [0, 0.05) is 29.8 Å². The second-order valence-electron chi connectivity index (χ2n) is 6.36. The first kappa shape index (κ1) is 20.2. The molecule has 0 spiro atoms. The van der Waals surface area contributed by atoms with Gasteiger partial charge in [0.05, 0.1) is 18.9 Å². The molecule has 6 nitrogen and oxygen atoms in total. The predicted octanol–water partition coefficient (Wildman–Crippen LogP) is 4.43. The lowest BCUT2D eigenvalue weighted by atomic mass is 10.1. The second-order valence-corrected chi connectivity index (χ2v) is 6.36. The van der Waals surface area contributed by atoms with E-state index in [1.165, 1.54) is 6.08 Å². The largest absolute Gasteiger partial charge is 0.493 e.